The molecule has 1 aromatic heterocycles. The van der Waals surface area contributed by atoms with Crippen molar-refractivity contribution in [1.29, 1.82) is 0 Å². The normalized spacial score (nSPS) is 10.5. The van der Waals surface area contributed by atoms with Crippen LogP contribution in [0.25, 0.3) is 0 Å². The van der Waals surface area contributed by atoms with Crippen molar-refractivity contribution in [3.05, 3.63) is 64.8 Å². The third kappa shape index (κ3) is 3.75. The van der Waals surface area contributed by atoms with Gasteiger partial charge < -0.3 is 10.6 Å². The van der Waals surface area contributed by atoms with Gasteiger partial charge in [-0.25, -0.2) is 8.78 Å². The Kier molecular flexibility index (Phi) is 4.52. The van der Waals surface area contributed by atoms with Gasteiger partial charge in [-0.2, -0.15) is 10.1 Å². The topological polar surface area (TPSA) is 62.7 Å². The molecule has 0 unspecified atom stereocenters. The third-order valence-corrected chi connectivity index (χ3v) is 3.43. The number of hydrogen-bond acceptors (Lipinski definition) is 5. The highest BCUT2D eigenvalue weighted by Gasteiger charge is 2.08. The van der Waals surface area contributed by atoms with E-state index in [0.717, 1.165) is 23.4 Å². The van der Waals surface area contributed by atoms with Crippen LogP contribution in [0.1, 0.15) is 5.56 Å². The van der Waals surface area contributed by atoms with Gasteiger partial charge in [-0.1, -0.05) is 17.7 Å². The molecular formula is C16H12ClF2N5. The molecule has 0 saturated heterocycles. The first-order valence-corrected chi connectivity index (χ1v) is 7.34. The number of nitrogens with zero attached hydrogens (tertiary/aromatic N) is 3. The van der Waals surface area contributed by atoms with E-state index in [2.05, 4.69) is 25.8 Å². The molecule has 0 bridgehead atoms. The van der Waals surface area contributed by atoms with Crippen molar-refractivity contribution in [2.45, 2.75) is 6.92 Å². The first-order chi connectivity index (χ1) is 11.5. The van der Waals surface area contributed by atoms with Crippen LogP contribution in [0.3, 0.4) is 0 Å². The van der Waals surface area contributed by atoms with Gasteiger partial charge in [0.05, 0.1) is 11.9 Å². The van der Waals surface area contributed by atoms with Gasteiger partial charge in [0.15, 0.2) is 5.82 Å². The van der Waals surface area contributed by atoms with Crippen molar-refractivity contribution in [2.75, 3.05) is 10.6 Å². The van der Waals surface area contributed by atoms with Crippen LogP contribution in [0.2, 0.25) is 5.02 Å². The number of anilines is 4. The highest BCUT2D eigenvalue weighted by molar-refractivity contribution is 6.30. The molecule has 0 aliphatic heterocycles. The number of aryl methyl sites for hydroxylation is 1. The Bertz CT molecular complexity index is 888. The second kappa shape index (κ2) is 6.76. The molecule has 0 aliphatic carbocycles. The number of aromatic nitrogens is 3. The summed E-state index contributed by atoms with van der Waals surface area (Å²) in [5.41, 5.74) is 1.77. The fourth-order valence-corrected chi connectivity index (χ4v) is 2.17. The van der Waals surface area contributed by atoms with Crippen LogP contribution in [-0.4, -0.2) is 15.2 Å². The largest absolute Gasteiger partial charge is 0.336 e. The third-order valence-electron chi connectivity index (χ3n) is 3.20. The summed E-state index contributed by atoms with van der Waals surface area (Å²) in [4.78, 5) is 4.20. The maximum atomic E-state index is 13.7. The lowest BCUT2D eigenvalue weighted by Crippen LogP contribution is -2.04. The SMILES string of the molecule is Cc1ccc(Cl)cc1Nc1nncc(Nc2ccc(F)cc2F)n1. The van der Waals surface area contributed by atoms with E-state index in [1.165, 1.54) is 12.3 Å². The Morgan fingerprint density at radius 2 is 1.83 bits per heavy atom. The second-order valence-corrected chi connectivity index (χ2v) is 5.44. The molecule has 3 rings (SSSR count). The average Bonchev–Trinajstić information content (AvgIpc) is 2.54. The Labute approximate surface area is 141 Å². The lowest BCUT2D eigenvalue weighted by atomic mass is 10.2. The lowest BCUT2D eigenvalue weighted by Gasteiger charge is -2.10. The van der Waals surface area contributed by atoms with Gasteiger partial charge in [0.2, 0.25) is 5.95 Å². The number of hydrogen-bond donors (Lipinski definition) is 2. The van der Waals surface area contributed by atoms with Crippen LogP contribution < -0.4 is 10.6 Å². The van der Waals surface area contributed by atoms with Gasteiger partial charge in [-0.05, 0) is 36.8 Å². The lowest BCUT2D eigenvalue weighted by molar-refractivity contribution is 0.586. The van der Waals surface area contributed by atoms with E-state index in [1.807, 2.05) is 13.0 Å². The zero-order chi connectivity index (χ0) is 17.1. The summed E-state index contributed by atoms with van der Waals surface area (Å²) < 4.78 is 26.6. The van der Waals surface area contributed by atoms with Gasteiger partial charge >= 0.3 is 0 Å². The van der Waals surface area contributed by atoms with Gasteiger partial charge in [-0.15, -0.1) is 5.10 Å². The first-order valence-electron chi connectivity index (χ1n) is 6.96. The molecule has 5 nitrogen and oxygen atoms in total. The zero-order valence-corrected chi connectivity index (χ0v) is 13.3. The molecule has 0 aliphatic rings. The molecule has 0 saturated carbocycles. The number of halogens is 3. The fraction of sp³-hybridized carbons (Fsp3) is 0.0625. The van der Waals surface area contributed by atoms with Gasteiger partial charge in [0.1, 0.15) is 11.6 Å². The minimum Gasteiger partial charge on any atom is -0.336 e. The monoisotopic (exact) mass is 347 g/mol. The van der Waals surface area contributed by atoms with Gasteiger partial charge in [0, 0.05) is 16.8 Å². The summed E-state index contributed by atoms with van der Waals surface area (Å²) in [6.07, 6.45) is 1.33. The number of nitrogens with one attached hydrogen (secondary N) is 2. The molecule has 122 valence electrons. The Hall–Kier alpha value is -2.80. The zero-order valence-electron chi connectivity index (χ0n) is 12.5. The highest BCUT2D eigenvalue weighted by Crippen LogP contribution is 2.24. The van der Waals surface area contributed by atoms with Crippen LogP contribution in [0.4, 0.5) is 31.9 Å². The van der Waals surface area contributed by atoms with Crippen molar-refractivity contribution < 1.29 is 8.78 Å². The molecule has 0 radical (unpaired) electrons. The molecule has 2 N–H and O–H groups in total. The van der Waals surface area contributed by atoms with Crippen molar-refractivity contribution >= 4 is 34.7 Å². The maximum absolute atomic E-state index is 13.7. The molecule has 3 aromatic rings. The highest BCUT2D eigenvalue weighted by atomic mass is 35.5. The van der Waals surface area contributed by atoms with E-state index in [-0.39, 0.29) is 17.5 Å². The predicted octanol–water partition coefficient (Wildman–Crippen LogP) is 4.60. The van der Waals surface area contributed by atoms with E-state index in [4.69, 9.17) is 11.6 Å². The summed E-state index contributed by atoms with van der Waals surface area (Å²) >= 11 is 5.97. The molecule has 0 amide bonds. The van der Waals surface area contributed by atoms with Gasteiger partial charge in [-0.3, -0.25) is 0 Å². The quantitative estimate of drug-likeness (QED) is 0.722. The van der Waals surface area contributed by atoms with E-state index >= 15 is 0 Å². The van der Waals surface area contributed by atoms with Crippen LogP contribution in [0.15, 0.2) is 42.6 Å². The van der Waals surface area contributed by atoms with Crippen molar-refractivity contribution in [1.82, 2.24) is 15.2 Å². The Balaban J connectivity index is 1.82. The first kappa shape index (κ1) is 16.1. The van der Waals surface area contributed by atoms with Crippen LogP contribution in [0, 0.1) is 18.6 Å². The summed E-state index contributed by atoms with van der Waals surface area (Å²) in [6.45, 7) is 1.90. The second-order valence-electron chi connectivity index (χ2n) is 5.00. The Morgan fingerprint density at radius 1 is 1.00 bits per heavy atom. The minimum absolute atomic E-state index is 0.0850. The Morgan fingerprint density at radius 3 is 2.62 bits per heavy atom. The molecule has 0 fully saturated rings. The summed E-state index contributed by atoms with van der Waals surface area (Å²) in [5, 5.41) is 14.0. The molecule has 2 aromatic carbocycles. The smallest absolute Gasteiger partial charge is 0.249 e. The molecule has 1 heterocycles. The minimum atomic E-state index is -0.728. The van der Waals surface area contributed by atoms with E-state index in [9.17, 15) is 8.78 Å². The summed E-state index contributed by atoms with van der Waals surface area (Å²) in [5.74, 6) is -0.906. The van der Waals surface area contributed by atoms with E-state index in [0.29, 0.717) is 5.02 Å². The fourth-order valence-electron chi connectivity index (χ4n) is 1.99. The average molecular weight is 348 g/mol. The van der Waals surface area contributed by atoms with Crippen molar-refractivity contribution in [3.8, 4) is 0 Å². The summed E-state index contributed by atoms with van der Waals surface area (Å²) in [7, 11) is 0. The van der Waals surface area contributed by atoms with Gasteiger partial charge in [0.25, 0.3) is 0 Å². The standard InChI is InChI=1S/C16H12ClF2N5/c1-9-2-3-10(17)6-14(9)22-16-23-15(8-20-24-16)21-13-5-4-11(18)7-12(13)19/h2-8H,1H3,(H2,21,22,23,24). The molecule has 0 spiro atoms. The predicted molar refractivity (Wildman–Crippen MR) is 88.9 cm³/mol. The van der Waals surface area contributed by atoms with Crippen LogP contribution >= 0.6 is 11.6 Å². The number of benzene rings is 2. The maximum Gasteiger partial charge on any atom is 0.249 e. The van der Waals surface area contributed by atoms with E-state index in [1.54, 1.807) is 12.1 Å². The summed E-state index contributed by atoms with van der Waals surface area (Å²) in [6, 6.07) is 8.57. The molecular weight excluding hydrogens is 336 g/mol. The molecule has 24 heavy (non-hydrogen) atoms. The molecule has 8 heteroatoms. The van der Waals surface area contributed by atoms with Crippen LogP contribution in [-0.2, 0) is 0 Å². The number of rotatable bonds is 4. The van der Waals surface area contributed by atoms with Crippen molar-refractivity contribution in [3.63, 3.8) is 0 Å². The van der Waals surface area contributed by atoms with E-state index < -0.39 is 11.6 Å². The van der Waals surface area contributed by atoms with Crippen molar-refractivity contribution in [2.24, 2.45) is 0 Å². The van der Waals surface area contributed by atoms with Crippen LogP contribution in [0.5, 0.6) is 0 Å². The molecule has 0 atom stereocenters.